The minimum Gasteiger partial charge on any atom is -0.352 e. The molecule has 0 radical (unpaired) electrons. The third kappa shape index (κ3) is 5.62. The van der Waals surface area contributed by atoms with Gasteiger partial charge in [-0.3, -0.25) is 24.5 Å². The first-order chi connectivity index (χ1) is 14.8. The molecule has 162 valence electrons. The van der Waals surface area contributed by atoms with Gasteiger partial charge < -0.3 is 15.5 Å². The molecule has 1 aliphatic heterocycles. The van der Waals surface area contributed by atoms with Crippen molar-refractivity contribution in [3.63, 3.8) is 0 Å². The van der Waals surface area contributed by atoms with E-state index in [1.54, 1.807) is 11.0 Å². The summed E-state index contributed by atoms with van der Waals surface area (Å²) in [6, 6.07) is 10.8. The number of hydrogen-bond donors (Lipinski definition) is 2. The minimum atomic E-state index is -0.604. The van der Waals surface area contributed by atoms with E-state index in [0.717, 1.165) is 6.07 Å². The van der Waals surface area contributed by atoms with E-state index in [2.05, 4.69) is 10.6 Å². The van der Waals surface area contributed by atoms with Crippen LogP contribution >= 0.6 is 0 Å². The molecule has 2 N–H and O–H groups in total. The van der Waals surface area contributed by atoms with Crippen LogP contribution < -0.4 is 10.6 Å². The fourth-order valence-corrected chi connectivity index (χ4v) is 3.33. The van der Waals surface area contributed by atoms with E-state index >= 15 is 0 Å². The summed E-state index contributed by atoms with van der Waals surface area (Å²) >= 11 is 0. The van der Waals surface area contributed by atoms with Gasteiger partial charge in [-0.05, 0) is 31.0 Å². The maximum atomic E-state index is 13.8. The number of likely N-dealkylation sites (tertiary alicyclic amines) is 1. The first-order valence-corrected chi connectivity index (χ1v) is 9.71. The molecule has 3 amide bonds. The smallest absolute Gasteiger partial charge is 0.270 e. The zero-order valence-corrected chi connectivity index (χ0v) is 16.5. The summed E-state index contributed by atoms with van der Waals surface area (Å²) in [6.07, 6.45) is 1.01. The van der Waals surface area contributed by atoms with Gasteiger partial charge in [0.2, 0.25) is 5.91 Å². The van der Waals surface area contributed by atoms with E-state index in [-0.39, 0.29) is 35.3 Å². The zero-order chi connectivity index (χ0) is 22.4. The van der Waals surface area contributed by atoms with Crippen molar-refractivity contribution < 1.29 is 23.7 Å². The molecule has 0 aromatic heterocycles. The molecule has 2 aromatic carbocycles. The number of nitro groups is 1. The Hall–Kier alpha value is -3.82. The van der Waals surface area contributed by atoms with Crippen LogP contribution in [0.4, 0.5) is 10.1 Å². The number of halogens is 1. The molecule has 10 heteroatoms. The van der Waals surface area contributed by atoms with E-state index in [1.807, 2.05) is 0 Å². The number of carbonyl (C=O) groups excluding carboxylic acids is 3. The molecule has 2 aromatic rings. The van der Waals surface area contributed by atoms with Gasteiger partial charge in [-0.1, -0.05) is 18.2 Å². The van der Waals surface area contributed by atoms with Gasteiger partial charge in [-0.15, -0.1) is 0 Å². The number of benzene rings is 2. The average Bonchev–Trinajstić information content (AvgIpc) is 2.78. The van der Waals surface area contributed by atoms with Crippen LogP contribution in [-0.2, 0) is 4.79 Å². The molecule has 1 heterocycles. The van der Waals surface area contributed by atoms with Crippen LogP contribution in [0.25, 0.3) is 0 Å². The fraction of sp³-hybridized carbons (Fsp3) is 0.286. The molecular weight excluding hydrogens is 407 g/mol. The fourth-order valence-electron chi connectivity index (χ4n) is 3.33. The monoisotopic (exact) mass is 428 g/mol. The Bertz CT molecular complexity index is 1000. The van der Waals surface area contributed by atoms with Crippen molar-refractivity contribution in [2.75, 3.05) is 19.6 Å². The van der Waals surface area contributed by atoms with Gasteiger partial charge in [0.25, 0.3) is 17.5 Å². The first-order valence-electron chi connectivity index (χ1n) is 9.71. The molecular formula is C21H21FN4O5. The maximum Gasteiger partial charge on any atom is 0.270 e. The van der Waals surface area contributed by atoms with E-state index in [0.29, 0.717) is 25.9 Å². The number of piperidine rings is 1. The van der Waals surface area contributed by atoms with Gasteiger partial charge in [0.05, 0.1) is 17.0 Å². The van der Waals surface area contributed by atoms with Gasteiger partial charge in [0, 0.05) is 36.8 Å². The second-order valence-corrected chi connectivity index (χ2v) is 7.10. The Morgan fingerprint density at radius 2 is 1.81 bits per heavy atom. The highest BCUT2D eigenvalue weighted by Crippen LogP contribution is 2.16. The molecule has 1 aliphatic rings. The Balaban J connectivity index is 1.44. The number of nitrogens with one attached hydrogen (secondary N) is 2. The maximum absolute atomic E-state index is 13.8. The lowest BCUT2D eigenvalue weighted by Crippen LogP contribution is -2.48. The molecule has 0 unspecified atom stereocenters. The van der Waals surface area contributed by atoms with Gasteiger partial charge in [-0.25, -0.2) is 4.39 Å². The summed E-state index contributed by atoms with van der Waals surface area (Å²) in [4.78, 5) is 48.4. The summed E-state index contributed by atoms with van der Waals surface area (Å²) in [5, 5.41) is 16.0. The van der Waals surface area contributed by atoms with Crippen molar-refractivity contribution >= 4 is 23.4 Å². The van der Waals surface area contributed by atoms with Crippen LogP contribution in [0, 0.1) is 15.9 Å². The molecule has 3 rings (SSSR count). The Morgan fingerprint density at radius 1 is 1.10 bits per heavy atom. The summed E-state index contributed by atoms with van der Waals surface area (Å²) in [6.45, 7) is 0.464. The topological polar surface area (TPSA) is 122 Å². The van der Waals surface area contributed by atoms with Crippen molar-refractivity contribution in [3.8, 4) is 0 Å². The second-order valence-electron chi connectivity index (χ2n) is 7.10. The summed E-state index contributed by atoms with van der Waals surface area (Å²) in [7, 11) is 0. The third-order valence-electron chi connectivity index (χ3n) is 4.98. The predicted molar refractivity (Wildman–Crippen MR) is 109 cm³/mol. The normalized spacial score (nSPS) is 14.0. The molecule has 31 heavy (non-hydrogen) atoms. The molecule has 1 fully saturated rings. The molecule has 0 bridgehead atoms. The number of nitro benzene ring substituents is 1. The Labute approximate surface area is 177 Å². The van der Waals surface area contributed by atoms with E-state index < -0.39 is 22.6 Å². The van der Waals surface area contributed by atoms with E-state index in [9.17, 15) is 28.9 Å². The lowest BCUT2D eigenvalue weighted by molar-refractivity contribution is -0.384. The average molecular weight is 428 g/mol. The number of hydrogen-bond acceptors (Lipinski definition) is 5. The van der Waals surface area contributed by atoms with Crippen LogP contribution in [0.2, 0.25) is 0 Å². The number of amides is 3. The van der Waals surface area contributed by atoms with Crippen LogP contribution in [0.1, 0.15) is 33.6 Å². The predicted octanol–water partition coefficient (Wildman–Crippen LogP) is 1.88. The first kappa shape index (κ1) is 21.9. The van der Waals surface area contributed by atoms with Crippen molar-refractivity contribution in [1.82, 2.24) is 15.5 Å². The van der Waals surface area contributed by atoms with Crippen molar-refractivity contribution in [3.05, 3.63) is 75.6 Å². The van der Waals surface area contributed by atoms with Crippen LogP contribution in [0.5, 0.6) is 0 Å². The Kier molecular flexibility index (Phi) is 6.91. The van der Waals surface area contributed by atoms with Gasteiger partial charge in [0.1, 0.15) is 5.82 Å². The molecule has 0 spiro atoms. The summed E-state index contributed by atoms with van der Waals surface area (Å²) < 4.78 is 13.8. The number of nitrogens with zero attached hydrogens (tertiary/aromatic N) is 2. The van der Waals surface area contributed by atoms with Crippen molar-refractivity contribution in [1.29, 1.82) is 0 Å². The lowest BCUT2D eigenvalue weighted by atomic mass is 10.0. The highest BCUT2D eigenvalue weighted by atomic mass is 19.1. The molecule has 0 aliphatic carbocycles. The molecule has 1 saturated heterocycles. The number of rotatable bonds is 6. The van der Waals surface area contributed by atoms with Crippen LogP contribution in [-0.4, -0.2) is 53.2 Å². The summed E-state index contributed by atoms with van der Waals surface area (Å²) in [5.41, 5.74) is -0.107. The third-order valence-corrected chi connectivity index (χ3v) is 4.98. The van der Waals surface area contributed by atoms with E-state index in [4.69, 9.17) is 0 Å². The van der Waals surface area contributed by atoms with Gasteiger partial charge in [-0.2, -0.15) is 0 Å². The zero-order valence-electron chi connectivity index (χ0n) is 16.5. The highest BCUT2D eigenvalue weighted by Gasteiger charge is 2.26. The van der Waals surface area contributed by atoms with Crippen molar-refractivity contribution in [2.24, 2.45) is 0 Å². The molecule has 9 nitrogen and oxygen atoms in total. The SMILES string of the molecule is O=C(CNC(=O)c1cccc([N+](=O)[O-])c1)NC1CCN(C(=O)c2ccccc2F)CC1. The quantitative estimate of drug-likeness (QED) is 0.538. The molecule has 0 atom stereocenters. The largest absolute Gasteiger partial charge is 0.352 e. The number of non-ortho nitro benzene ring substituents is 1. The van der Waals surface area contributed by atoms with Gasteiger partial charge in [0.15, 0.2) is 0 Å². The van der Waals surface area contributed by atoms with E-state index in [1.165, 1.54) is 36.4 Å². The van der Waals surface area contributed by atoms with Crippen LogP contribution in [0.3, 0.4) is 0 Å². The highest BCUT2D eigenvalue weighted by molar-refractivity contribution is 5.97. The summed E-state index contributed by atoms with van der Waals surface area (Å²) in [5.74, 6) is -1.95. The van der Waals surface area contributed by atoms with Gasteiger partial charge >= 0.3 is 0 Å². The standard InChI is InChI=1S/C21H21FN4O5/c22-18-7-2-1-6-17(18)21(29)25-10-8-15(9-11-25)24-19(27)13-23-20(28)14-4-3-5-16(12-14)26(30)31/h1-7,12,15H,8-11,13H2,(H,23,28)(H,24,27). The molecule has 0 saturated carbocycles. The van der Waals surface area contributed by atoms with Crippen LogP contribution in [0.15, 0.2) is 48.5 Å². The second kappa shape index (κ2) is 9.79. The lowest BCUT2D eigenvalue weighted by Gasteiger charge is -2.32. The Morgan fingerprint density at radius 3 is 2.48 bits per heavy atom. The van der Waals surface area contributed by atoms with Crippen molar-refractivity contribution in [2.45, 2.75) is 18.9 Å². The minimum absolute atomic E-state index is 0.0221. The number of carbonyl (C=O) groups is 3.